The lowest BCUT2D eigenvalue weighted by molar-refractivity contribution is 0.250. The van der Waals surface area contributed by atoms with Crippen LogP contribution in [0.2, 0.25) is 0 Å². The predicted octanol–water partition coefficient (Wildman–Crippen LogP) is 2.29. The standard InChI is InChI=1S/C12H16N2OS/c1-8(6-15)7-16-12-4-9(2)14-10(3)11(12)5-13/h4,8,15H,6-7H2,1-3H3. The number of aliphatic hydroxyl groups excluding tert-OH is 1. The van der Waals surface area contributed by atoms with E-state index in [1.807, 2.05) is 26.8 Å². The highest BCUT2D eigenvalue weighted by molar-refractivity contribution is 7.99. The van der Waals surface area contributed by atoms with E-state index in [1.165, 1.54) is 0 Å². The average Bonchev–Trinajstić information content (AvgIpc) is 2.25. The molecule has 86 valence electrons. The number of aromatic nitrogens is 1. The summed E-state index contributed by atoms with van der Waals surface area (Å²) in [6.45, 7) is 5.94. The van der Waals surface area contributed by atoms with Gasteiger partial charge in [-0.2, -0.15) is 5.26 Å². The molecule has 1 rings (SSSR count). The van der Waals surface area contributed by atoms with Crippen molar-refractivity contribution in [2.75, 3.05) is 12.4 Å². The van der Waals surface area contributed by atoms with Gasteiger partial charge in [0.15, 0.2) is 0 Å². The van der Waals surface area contributed by atoms with E-state index in [4.69, 9.17) is 10.4 Å². The van der Waals surface area contributed by atoms with Gasteiger partial charge in [-0.3, -0.25) is 4.98 Å². The molecule has 0 bridgehead atoms. The van der Waals surface area contributed by atoms with Crippen LogP contribution in [0.5, 0.6) is 0 Å². The first-order valence-electron chi connectivity index (χ1n) is 5.20. The Morgan fingerprint density at radius 3 is 2.81 bits per heavy atom. The first-order valence-corrected chi connectivity index (χ1v) is 6.19. The highest BCUT2D eigenvalue weighted by Crippen LogP contribution is 2.26. The zero-order valence-corrected chi connectivity index (χ0v) is 10.6. The maximum atomic E-state index is 9.06. The largest absolute Gasteiger partial charge is 0.396 e. The molecule has 0 aromatic carbocycles. The molecule has 0 saturated heterocycles. The van der Waals surface area contributed by atoms with Gasteiger partial charge < -0.3 is 5.11 Å². The SMILES string of the molecule is Cc1cc(SCC(C)CO)c(C#N)c(C)n1. The second kappa shape index (κ2) is 5.88. The van der Waals surface area contributed by atoms with Crippen molar-refractivity contribution in [3.63, 3.8) is 0 Å². The molecule has 0 aliphatic carbocycles. The van der Waals surface area contributed by atoms with E-state index in [0.29, 0.717) is 5.56 Å². The smallest absolute Gasteiger partial charge is 0.102 e. The molecule has 0 spiro atoms. The van der Waals surface area contributed by atoms with Gasteiger partial charge in [0.2, 0.25) is 0 Å². The van der Waals surface area contributed by atoms with E-state index in [9.17, 15) is 0 Å². The molecular formula is C12H16N2OS. The molecule has 0 fully saturated rings. The Hall–Kier alpha value is -1.05. The van der Waals surface area contributed by atoms with Crippen LogP contribution in [-0.2, 0) is 0 Å². The molecule has 0 saturated carbocycles. The fourth-order valence-corrected chi connectivity index (χ4v) is 2.49. The Labute approximate surface area is 101 Å². The van der Waals surface area contributed by atoms with Crippen LogP contribution < -0.4 is 0 Å². The normalized spacial score (nSPS) is 12.2. The number of pyridine rings is 1. The van der Waals surface area contributed by atoms with Crippen molar-refractivity contribution in [2.24, 2.45) is 5.92 Å². The van der Waals surface area contributed by atoms with Crippen LogP contribution in [0.1, 0.15) is 23.9 Å². The van der Waals surface area contributed by atoms with Crippen molar-refractivity contribution in [3.8, 4) is 6.07 Å². The van der Waals surface area contributed by atoms with E-state index in [-0.39, 0.29) is 12.5 Å². The summed E-state index contributed by atoms with van der Waals surface area (Å²) in [4.78, 5) is 5.23. The molecule has 1 aromatic heterocycles. The first-order chi connectivity index (χ1) is 7.58. The molecule has 1 atom stereocenters. The van der Waals surface area contributed by atoms with Gasteiger partial charge in [-0.25, -0.2) is 0 Å². The summed E-state index contributed by atoms with van der Waals surface area (Å²) < 4.78 is 0. The van der Waals surface area contributed by atoms with Gasteiger partial charge in [0, 0.05) is 22.9 Å². The number of rotatable bonds is 4. The van der Waals surface area contributed by atoms with Gasteiger partial charge in [0.05, 0.1) is 11.3 Å². The van der Waals surface area contributed by atoms with Crippen LogP contribution >= 0.6 is 11.8 Å². The van der Waals surface area contributed by atoms with Crippen LogP contribution in [0.15, 0.2) is 11.0 Å². The lowest BCUT2D eigenvalue weighted by atomic mass is 10.2. The fourth-order valence-electron chi connectivity index (χ4n) is 1.33. The van der Waals surface area contributed by atoms with Crippen molar-refractivity contribution >= 4 is 11.8 Å². The van der Waals surface area contributed by atoms with E-state index in [1.54, 1.807) is 11.8 Å². The first kappa shape index (κ1) is 13.0. The van der Waals surface area contributed by atoms with Crippen LogP contribution in [0.25, 0.3) is 0 Å². The minimum absolute atomic E-state index is 0.179. The number of thioether (sulfide) groups is 1. The number of nitrogens with zero attached hydrogens (tertiary/aromatic N) is 2. The molecule has 0 aliphatic rings. The zero-order chi connectivity index (χ0) is 12.1. The molecular weight excluding hydrogens is 220 g/mol. The van der Waals surface area contributed by atoms with Crippen LogP contribution in [0.4, 0.5) is 0 Å². The second-order valence-electron chi connectivity index (χ2n) is 3.93. The summed E-state index contributed by atoms with van der Waals surface area (Å²) in [5.41, 5.74) is 2.36. The Bertz CT molecular complexity index is 412. The molecule has 1 aromatic rings. The number of aryl methyl sites for hydroxylation is 2. The Balaban J connectivity index is 2.91. The number of hydrogen-bond donors (Lipinski definition) is 1. The Morgan fingerprint density at radius 1 is 1.56 bits per heavy atom. The number of hydrogen-bond acceptors (Lipinski definition) is 4. The quantitative estimate of drug-likeness (QED) is 0.815. The minimum Gasteiger partial charge on any atom is -0.396 e. The third-order valence-corrected chi connectivity index (χ3v) is 3.61. The van der Waals surface area contributed by atoms with Crippen molar-refractivity contribution in [3.05, 3.63) is 23.0 Å². The molecule has 1 unspecified atom stereocenters. The van der Waals surface area contributed by atoms with Crippen molar-refractivity contribution in [1.29, 1.82) is 5.26 Å². The highest BCUT2D eigenvalue weighted by atomic mass is 32.2. The lowest BCUT2D eigenvalue weighted by Crippen LogP contribution is -2.04. The third-order valence-electron chi connectivity index (χ3n) is 2.24. The summed E-state index contributed by atoms with van der Waals surface area (Å²) in [5, 5.41) is 18.0. The van der Waals surface area contributed by atoms with Gasteiger partial charge in [-0.05, 0) is 25.8 Å². The topological polar surface area (TPSA) is 56.9 Å². The predicted molar refractivity (Wildman–Crippen MR) is 65.4 cm³/mol. The van der Waals surface area contributed by atoms with Crippen LogP contribution in [0.3, 0.4) is 0 Å². The summed E-state index contributed by atoms with van der Waals surface area (Å²) >= 11 is 1.61. The summed E-state index contributed by atoms with van der Waals surface area (Å²) in [6, 6.07) is 4.12. The molecule has 4 heteroatoms. The third kappa shape index (κ3) is 3.22. The molecule has 16 heavy (non-hydrogen) atoms. The summed E-state index contributed by atoms with van der Waals surface area (Å²) in [6.07, 6.45) is 0. The maximum absolute atomic E-state index is 9.06. The van der Waals surface area contributed by atoms with E-state index in [0.717, 1.165) is 22.0 Å². The average molecular weight is 236 g/mol. The van der Waals surface area contributed by atoms with Crippen molar-refractivity contribution in [1.82, 2.24) is 4.98 Å². The molecule has 0 radical (unpaired) electrons. The van der Waals surface area contributed by atoms with Gasteiger partial charge >= 0.3 is 0 Å². The van der Waals surface area contributed by atoms with Crippen LogP contribution in [-0.4, -0.2) is 22.5 Å². The van der Waals surface area contributed by atoms with Gasteiger partial charge in [0.1, 0.15) is 6.07 Å². The second-order valence-corrected chi connectivity index (χ2v) is 4.99. The summed E-state index contributed by atoms with van der Waals surface area (Å²) in [5.74, 6) is 1.05. The van der Waals surface area contributed by atoms with Crippen LogP contribution in [0, 0.1) is 31.1 Å². The fraction of sp³-hybridized carbons (Fsp3) is 0.500. The lowest BCUT2D eigenvalue weighted by Gasteiger charge is -2.10. The van der Waals surface area contributed by atoms with Crippen molar-refractivity contribution in [2.45, 2.75) is 25.7 Å². The van der Waals surface area contributed by atoms with Gasteiger partial charge in [-0.15, -0.1) is 11.8 Å². The van der Waals surface area contributed by atoms with Gasteiger partial charge in [0.25, 0.3) is 0 Å². The molecule has 1 N–H and O–H groups in total. The molecule has 3 nitrogen and oxygen atoms in total. The maximum Gasteiger partial charge on any atom is 0.102 e. The Kier molecular flexibility index (Phi) is 4.78. The number of aliphatic hydroxyl groups is 1. The summed E-state index contributed by atoms with van der Waals surface area (Å²) in [7, 11) is 0. The highest BCUT2D eigenvalue weighted by Gasteiger charge is 2.10. The number of nitriles is 1. The monoisotopic (exact) mass is 236 g/mol. The molecule has 1 heterocycles. The molecule has 0 aliphatic heterocycles. The van der Waals surface area contributed by atoms with E-state index >= 15 is 0 Å². The van der Waals surface area contributed by atoms with E-state index in [2.05, 4.69) is 11.1 Å². The minimum atomic E-state index is 0.179. The van der Waals surface area contributed by atoms with Gasteiger partial charge in [-0.1, -0.05) is 6.92 Å². The molecule has 0 amide bonds. The van der Waals surface area contributed by atoms with Crippen molar-refractivity contribution < 1.29 is 5.11 Å². The zero-order valence-electron chi connectivity index (χ0n) is 9.82. The van der Waals surface area contributed by atoms with E-state index < -0.39 is 0 Å². The Morgan fingerprint density at radius 2 is 2.25 bits per heavy atom.